The van der Waals surface area contributed by atoms with Gasteiger partial charge in [0.25, 0.3) is 0 Å². The summed E-state index contributed by atoms with van der Waals surface area (Å²) in [5, 5.41) is 14.3. The lowest BCUT2D eigenvalue weighted by Crippen LogP contribution is -2.39. The van der Waals surface area contributed by atoms with Gasteiger partial charge in [-0.05, 0) is 26.8 Å². The van der Waals surface area contributed by atoms with Gasteiger partial charge in [0, 0.05) is 24.9 Å². The van der Waals surface area contributed by atoms with Crippen molar-refractivity contribution in [3.05, 3.63) is 0 Å². The van der Waals surface area contributed by atoms with Crippen LogP contribution in [0.4, 0.5) is 0 Å². The SMILES string of the molecule is CNCC(C)C(=O)NC(C)CCCC(=O)O. The van der Waals surface area contributed by atoms with Gasteiger partial charge < -0.3 is 15.7 Å². The fraction of sp³-hybridized carbons (Fsp3) is 0.818. The second-order valence-electron chi connectivity index (χ2n) is 4.15. The molecule has 0 heterocycles. The molecule has 0 aromatic heterocycles. The van der Waals surface area contributed by atoms with Gasteiger partial charge >= 0.3 is 5.97 Å². The van der Waals surface area contributed by atoms with E-state index >= 15 is 0 Å². The van der Waals surface area contributed by atoms with Crippen molar-refractivity contribution in [3.63, 3.8) is 0 Å². The Morgan fingerprint density at radius 1 is 1.31 bits per heavy atom. The van der Waals surface area contributed by atoms with Gasteiger partial charge in [0.15, 0.2) is 0 Å². The van der Waals surface area contributed by atoms with Crippen molar-refractivity contribution in [1.82, 2.24) is 10.6 Å². The van der Waals surface area contributed by atoms with E-state index in [1.54, 1.807) is 7.05 Å². The molecule has 2 atom stereocenters. The maximum atomic E-state index is 11.6. The van der Waals surface area contributed by atoms with Crippen LogP contribution < -0.4 is 10.6 Å². The summed E-state index contributed by atoms with van der Waals surface area (Å²) in [4.78, 5) is 21.9. The normalized spacial score (nSPS) is 14.2. The molecule has 0 fully saturated rings. The minimum atomic E-state index is -0.790. The fourth-order valence-corrected chi connectivity index (χ4v) is 1.42. The summed E-state index contributed by atoms with van der Waals surface area (Å²) in [6, 6.07) is 0.0335. The topological polar surface area (TPSA) is 78.4 Å². The molecule has 3 N–H and O–H groups in total. The van der Waals surface area contributed by atoms with Crippen LogP contribution in [-0.2, 0) is 9.59 Å². The van der Waals surface area contributed by atoms with Crippen LogP contribution >= 0.6 is 0 Å². The number of amides is 1. The van der Waals surface area contributed by atoms with Crippen LogP contribution in [0.2, 0.25) is 0 Å². The highest BCUT2D eigenvalue weighted by Crippen LogP contribution is 2.02. The first-order valence-corrected chi connectivity index (χ1v) is 5.64. The second kappa shape index (κ2) is 8.10. The van der Waals surface area contributed by atoms with E-state index in [1.807, 2.05) is 13.8 Å². The van der Waals surface area contributed by atoms with Crippen LogP contribution in [0.15, 0.2) is 0 Å². The minimum Gasteiger partial charge on any atom is -0.481 e. The van der Waals surface area contributed by atoms with Crippen molar-refractivity contribution in [3.8, 4) is 0 Å². The fourth-order valence-electron chi connectivity index (χ4n) is 1.42. The van der Waals surface area contributed by atoms with Crippen LogP contribution in [0, 0.1) is 5.92 Å². The van der Waals surface area contributed by atoms with E-state index in [4.69, 9.17) is 5.11 Å². The van der Waals surface area contributed by atoms with Crippen LogP contribution in [0.25, 0.3) is 0 Å². The van der Waals surface area contributed by atoms with E-state index in [1.165, 1.54) is 0 Å². The summed E-state index contributed by atoms with van der Waals surface area (Å²) in [5.41, 5.74) is 0. The standard InChI is InChI=1S/C11H22N2O3/c1-8(7-12-3)11(16)13-9(2)5-4-6-10(14)15/h8-9,12H,4-7H2,1-3H3,(H,13,16)(H,14,15). The number of rotatable bonds is 8. The number of carboxylic acid groups (broad SMARTS) is 1. The predicted molar refractivity (Wildman–Crippen MR) is 62.2 cm³/mol. The van der Waals surface area contributed by atoms with E-state index in [0.717, 1.165) is 0 Å². The first-order valence-electron chi connectivity index (χ1n) is 5.64. The Labute approximate surface area is 96.6 Å². The molecule has 5 heteroatoms. The van der Waals surface area contributed by atoms with Crippen molar-refractivity contribution in [2.75, 3.05) is 13.6 Å². The number of nitrogens with one attached hydrogen (secondary N) is 2. The summed E-state index contributed by atoms with van der Waals surface area (Å²) in [7, 11) is 1.81. The molecule has 16 heavy (non-hydrogen) atoms. The number of aliphatic carboxylic acids is 1. The number of carbonyl (C=O) groups is 2. The summed E-state index contributed by atoms with van der Waals surface area (Å²) >= 11 is 0. The van der Waals surface area contributed by atoms with Gasteiger partial charge in [-0.3, -0.25) is 9.59 Å². The zero-order valence-corrected chi connectivity index (χ0v) is 10.2. The van der Waals surface area contributed by atoms with Crippen molar-refractivity contribution < 1.29 is 14.7 Å². The van der Waals surface area contributed by atoms with Gasteiger partial charge in [0.05, 0.1) is 0 Å². The van der Waals surface area contributed by atoms with Gasteiger partial charge in [0.1, 0.15) is 0 Å². The molecule has 0 aromatic carbocycles. The quantitative estimate of drug-likeness (QED) is 0.570. The largest absolute Gasteiger partial charge is 0.481 e. The van der Waals surface area contributed by atoms with E-state index in [-0.39, 0.29) is 24.3 Å². The molecule has 0 aliphatic heterocycles. The highest BCUT2D eigenvalue weighted by molar-refractivity contribution is 5.78. The molecule has 1 amide bonds. The molecular formula is C11H22N2O3. The average molecular weight is 230 g/mol. The zero-order valence-electron chi connectivity index (χ0n) is 10.2. The average Bonchev–Trinajstić information content (AvgIpc) is 2.17. The van der Waals surface area contributed by atoms with Crippen LogP contribution in [0.1, 0.15) is 33.1 Å². The van der Waals surface area contributed by atoms with Gasteiger partial charge in [-0.25, -0.2) is 0 Å². The van der Waals surface area contributed by atoms with E-state index in [0.29, 0.717) is 19.4 Å². The summed E-state index contributed by atoms with van der Waals surface area (Å²) in [6.07, 6.45) is 1.45. The smallest absolute Gasteiger partial charge is 0.303 e. The number of carbonyl (C=O) groups excluding carboxylic acids is 1. The van der Waals surface area contributed by atoms with E-state index in [2.05, 4.69) is 10.6 Å². The molecule has 0 saturated carbocycles. The first-order chi connectivity index (χ1) is 7.47. The van der Waals surface area contributed by atoms with Gasteiger partial charge in [-0.2, -0.15) is 0 Å². The first kappa shape index (κ1) is 14.9. The van der Waals surface area contributed by atoms with E-state index < -0.39 is 5.97 Å². The monoisotopic (exact) mass is 230 g/mol. The highest BCUT2D eigenvalue weighted by Gasteiger charge is 2.14. The minimum absolute atomic E-state index is 0.0113. The maximum absolute atomic E-state index is 11.6. The molecule has 94 valence electrons. The predicted octanol–water partition coefficient (Wildman–Crippen LogP) is 0.601. The third kappa shape index (κ3) is 7.23. The number of hydrogen-bond acceptors (Lipinski definition) is 3. The van der Waals surface area contributed by atoms with Crippen LogP contribution in [-0.4, -0.2) is 36.6 Å². The van der Waals surface area contributed by atoms with Crippen molar-refractivity contribution >= 4 is 11.9 Å². The number of carboxylic acids is 1. The molecule has 2 unspecified atom stereocenters. The van der Waals surface area contributed by atoms with E-state index in [9.17, 15) is 9.59 Å². The van der Waals surface area contributed by atoms with Crippen LogP contribution in [0.3, 0.4) is 0 Å². The Hall–Kier alpha value is -1.10. The van der Waals surface area contributed by atoms with Crippen molar-refractivity contribution in [2.45, 2.75) is 39.2 Å². The molecular weight excluding hydrogens is 208 g/mol. The molecule has 0 radical (unpaired) electrons. The second-order valence-corrected chi connectivity index (χ2v) is 4.15. The molecule has 0 saturated heterocycles. The zero-order chi connectivity index (χ0) is 12.6. The lowest BCUT2D eigenvalue weighted by atomic mass is 10.1. The molecule has 0 bridgehead atoms. The third-order valence-electron chi connectivity index (χ3n) is 2.37. The maximum Gasteiger partial charge on any atom is 0.303 e. The number of hydrogen-bond donors (Lipinski definition) is 3. The Morgan fingerprint density at radius 2 is 1.94 bits per heavy atom. The third-order valence-corrected chi connectivity index (χ3v) is 2.37. The molecule has 5 nitrogen and oxygen atoms in total. The Bertz CT molecular complexity index is 231. The summed E-state index contributed by atoms with van der Waals surface area (Å²) in [6.45, 7) is 4.40. The Kier molecular flexibility index (Phi) is 7.54. The van der Waals surface area contributed by atoms with Crippen molar-refractivity contribution in [1.29, 1.82) is 0 Å². The molecule has 0 rings (SSSR count). The molecule has 0 aromatic rings. The Balaban J connectivity index is 3.73. The molecule has 0 spiro atoms. The molecule has 0 aliphatic carbocycles. The van der Waals surface area contributed by atoms with Crippen LogP contribution in [0.5, 0.6) is 0 Å². The highest BCUT2D eigenvalue weighted by atomic mass is 16.4. The van der Waals surface area contributed by atoms with Gasteiger partial charge in [-0.1, -0.05) is 6.92 Å². The lowest BCUT2D eigenvalue weighted by molar-refractivity contribution is -0.137. The van der Waals surface area contributed by atoms with Gasteiger partial charge in [0.2, 0.25) is 5.91 Å². The van der Waals surface area contributed by atoms with Crippen molar-refractivity contribution in [2.24, 2.45) is 5.92 Å². The lowest BCUT2D eigenvalue weighted by Gasteiger charge is -2.17. The molecule has 0 aliphatic rings. The summed E-state index contributed by atoms with van der Waals surface area (Å²) in [5.74, 6) is -0.842. The van der Waals surface area contributed by atoms with Gasteiger partial charge in [-0.15, -0.1) is 0 Å². The Morgan fingerprint density at radius 3 is 2.44 bits per heavy atom. The summed E-state index contributed by atoms with van der Waals surface area (Å²) < 4.78 is 0.